The summed E-state index contributed by atoms with van der Waals surface area (Å²) in [6.07, 6.45) is 3.04. The number of hydrogen-bond donors (Lipinski definition) is 2. The largest absolute Gasteiger partial charge is 0.369 e. The predicted octanol–water partition coefficient (Wildman–Crippen LogP) is 2.89. The van der Waals surface area contributed by atoms with Crippen molar-refractivity contribution in [3.8, 4) is 11.3 Å². The molecule has 12 heteroatoms. The van der Waals surface area contributed by atoms with Crippen molar-refractivity contribution in [2.24, 2.45) is 21.7 Å². The lowest BCUT2D eigenvalue weighted by Crippen LogP contribution is -2.21. The standard InChI is InChI=1S/C13H9Cl2N7O2S/c14-7-2-1-6(3-8(7)22(23)24)11-9(4-18-20-12(16)17)21-5-10(15)25-13(21)19-11/h1-5H,(H4,16,17,20)/b18-4+. The molecule has 0 aliphatic rings. The minimum absolute atomic E-state index is 0.0357. The van der Waals surface area contributed by atoms with Crippen LogP contribution in [-0.4, -0.2) is 26.5 Å². The van der Waals surface area contributed by atoms with Gasteiger partial charge < -0.3 is 11.5 Å². The van der Waals surface area contributed by atoms with E-state index in [9.17, 15) is 10.1 Å². The number of halogens is 2. The van der Waals surface area contributed by atoms with Crippen molar-refractivity contribution in [3.63, 3.8) is 0 Å². The highest BCUT2D eigenvalue weighted by molar-refractivity contribution is 7.20. The van der Waals surface area contributed by atoms with Gasteiger partial charge in [-0.05, 0) is 6.07 Å². The SMILES string of the molecule is NC(N)=N/N=C/c1c(-c2ccc(Cl)c([N+](=O)[O-])c2)nc2sc(Cl)cn12. The Balaban J connectivity index is 2.20. The molecule has 128 valence electrons. The molecule has 3 aromatic rings. The molecule has 0 saturated carbocycles. The number of nitro groups is 1. The quantitative estimate of drug-likeness (QED) is 0.301. The van der Waals surface area contributed by atoms with Crippen LogP contribution in [0.1, 0.15) is 5.69 Å². The topological polar surface area (TPSA) is 137 Å². The lowest BCUT2D eigenvalue weighted by molar-refractivity contribution is -0.384. The Hall–Kier alpha value is -2.69. The summed E-state index contributed by atoms with van der Waals surface area (Å²) in [5.41, 5.74) is 11.7. The van der Waals surface area contributed by atoms with Crippen molar-refractivity contribution in [2.75, 3.05) is 0 Å². The van der Waals surface area contributed by atoms with E-state index in [-0.39, 0.29) is 16.7 Å². The molecule has 0 atom stereocenters. The van der Waals surface area contributed by atoms with E-state index in [1.165, 1.54) is 29.7 Å². The predicted molar refractivity (Wildman–Crippen MR) is 98.6 cm³/mol. The lowest BCUT2D eigenvalue weighted by atomic mass is 10.1. The third kappa shape index (κ3) is 3.40. The second kappa shape index (κ2) is 6.67. The molecule has 2 heterocycles. The highest BCUT2D eigenvalue weighted by atomic mass is 35.5. The van der Waals surface area contributed by atoms with Crippen LogP contribution in [0.4, 0.5) is 5.69 Å². The van der Waals surface area contributed by atoms with E-state index in [1.54, 1.807) is 16.7 Å². The molecule has 0 spiro atoms. The number of imidazole rings is 1. The monoisotopic (exact) mass is 397 g/mol. The molecule has 0 unspecified atom stereocenters. The number of nitrogens with two attached hydrogens (primary N) is 2. The molecule has 0 amide bonds. The molecule has 9 nitrogen and oxygen atoms in total. The molecule has 0 saturated heterocycles. The van der Waals surface area contributed by atoms with Crippen LogP contribution in [0.15, 0.2) is 34.6 Å². The highest BCUT2D eigenvalue weighted by Gasteiger charge is 2.19. The molecular weight excluding hydrogens is 389 g/mol. The zero-order chi connectivity index (χ0) is 18.1. The summed E-state index contributed by atoms with van der Waals surface area (Å²) >= 11 is 13.1. The van der Waals surface area contributed by atoms with Crippen LogP contribution in [0.2, 0.25) is 9.36 Å². The molecule has 0 fully saturated rings. The van der Waals surface area contributed by atoms with Gasteiger partial charge in [0.05, 0.1) is 22.5 Å². The number of nitro benzene ring substituents is 1. The van der Waals surface area contributed by atoms with Crippen molar-refractivity contribution in [1.29, 1.82) is 0 Å². The van der Waals surface area contributed by atoms with Crippen LogP contribution >= 0.6 is 34.5 Å². The van der Waals surface area contributed by atoms with Gasteiger partial charge in [0.2, 0.25) is 5.96 Å². The van der Waals surface area contributed by atoms with Crippen LogP contribution in [0.25, 0.3) is 16.2 Å². The van der Waals surface area contributed by atoms with E-state index in [2.05, 4.69) is 15.2 Å². The average Bonchev–Trinajstić information content (AvgIpc) is 3.04. The normalized spacial score (nSPS) is 11.3. The van der Waals surface area contributed by atoms with Gasteiger partial charge in [0.1, 0.15) is 9.36 Å². The first-order valence-corrected chi connectivity index (χ1v) is 8.17. The molecule has 0 radical (unpaired) electrons. The third-order valence-electron chi connectivity index (χ3n) is 3.10. The number of nitrogens with zero attached hydrogens (tertiary/aromatic N) is 5. The van der Waals surface area contributed by atoms with Gasteiger partial charge in [-0.15, -0.1) is 5.10 Å². The van der Waals surface area contributed by atoms with Crippen molar-refractivity contribution in [2.45, 2.75) is 0 Å². The Morgan fingerprint density at radius 1 is 1.40 bits per heavy atom. The van der Waals surface area contributed by atoms with E-state index in [0.717, 1.165) is 0 Å². The molecule has 2 aromatic heterocycles. The number of benzene rings is 1. The second-order valence-electron chi connectivity index (χ2n) is 4.73. The number of rotatable bonds is 4. The van der Waals surface area contributed by atoms with Crippen LogP contribution in [0, 0.1) is 10.1 Å². The maximum absolute atomic E-state index is 11.1. The van der Waals surface area contributed by atoms with Crippen molar-refractivity contribution < 1.29 is 4.92 Å². The van der Waals surface area contributed by atoms with E-state index < -0.39 is 4.92 Å². The molecule has 25 heavy (non-hydrogen) atoms. The van der Waals surface area contributed by atoms with Crippen molar-refractivity contribution in [1.82, 2.24) is 9.38 Å². The smallest absolute Gasteiger partial charge is 0.288 e. The second-order valence-corrected chi connectivity index (χ2v) is 6.77. The van der Waals surface area contributed by atoms with Gasteiger partial charge >= 0.3 is 0 Å². The number of guanidine groups is 1. The Bertz CT molecular complexity index is 1040. The van der Waals surface area contributed by atoms with Crippen LogP contribution < -0.4 is 11.5 Å². The fourth-order valence-corrected chi connectivity index (χ4v) is 3.33. The van der Waals surface area contributed by atoms with E-state index in [1.807, 2.05) is 0 Å². The molecule has 1 aromatic carbocycles. The van der Waals surface area contributed by atoms with Crippen LogP contribution in [0.3, 0.4) is 0 Å². The summed E-state index contributed by atoms with van der Waals surface area (Å²) in [5.74, 6) is -0.205. The molecule has 3 rings (SSSR count). The number of hydrogen-bond acceptors (Lipinski definition) is 6. The Morgan fingerprint density at radius 2 is 2.16 bits per heavy atom. The number of aromatic nitrogens is 2. The van der Waals surface area contributed by atoms with Crippen molar-refractivity contribution in [3.05, 3.63) is 49.6 Å². The minimum Gasteiger partial charge on any atom is -0.369 e. The summed E-state index contributed by atoms with van der Waals surface area (Å²) < 4.78 is 2.21. The fourth-order valence-electron chi connectivity index (χ4n) is 2.12. The van der Waals surface area contributed by atoms with Gasteiger partial charge in [0.15, 0.2) is 4.96 Å². The van der Waals surface area contributed by atoms with E-state index in [4.69, 9.17) is 34.7 Å². The molecule has 0 aliphatic carbocycles. The first-order valence-electron chi connectivity index (χ1n) is 6.60. The summed E-state index contributed by atoms with van der Waals surface area (Å²) in [5, 5.41) is 18.5. The maximum atomic E-state index is 11.1. The highest BCUT2D eigenvalue weighted by Crippen LogP contribution is 2.33. The van der Waals surface area contributed by atoms with Gasteiger partial charge in [0.25, 0.3) is 5.69 Å². The molecule has 4 N–H and O–H groups in total. The van der Waals surface area contributed by atoms with Gasteiger partial charge in [-0.1, -0.05) is 40.6 Å². The van der Waals surface area contributed by atoms with Crippen LogP contribution in [0.5, 0.6) is 0 Å². The van der Waals surface area contributed by atoms with Gasteiger partial charge in [-0.25, -0.2) is 4.98 Å². The maximum Gasteiger partial charge on any atom is 0.288 e. The minimum atomic E-state index is -0.561. The third-order valence-corrected chi connectivity index (χ3v) is 4.52. The molecule has 0 aliphatic heterocycles. The lowest BCUT2D eigenvalue weighted by Gasteiger charge is -2.01. The zero-order valence-electron chi connectivity index (χ0n) is 12.3. The fraction of sp³-hybridized carbons (Fsp3) is 0. The Labute approximate surface area is 154 Å². The van der Waals surface area contributed by atoms with E-state index >= 15 is 0 Å². The number of thiazole rings is 1. The summed E-state index contributed by atoms with van der Waals surface area (Å²) in [7, 11) is 0. The van der Waals surface area contributed by atoms with Crippen LogP contribution in [-0.2, 0) is 0 Å². The Kier molecular flexibility index (Phi) is 4.57. The summed E-state index contributed by atoms with van der Waals surface area (Å²) in [4.78, 5) is 15.6. The zero-order valence-corrected chi connectivity index (χ0v) is 14.6. The van der Waals surface area contributed by atoms with Crippen molar-refractivity contribution >= 4 is 57.4 Å². The summed E-state index contributed by atoms with van der Waals surface area (Å²) in [6.45, 7) is 0. The number of fused-ring (bicyclic) bond motifs is 1. The summed E-state index contributed by atoms with van der Waals surface area (Å²) in [6, 6.07) is 4.40. The van der Waals surface area contributed by atoms with Gasteiger partial charge in [-0.2, -0.15) is 5.10 Å². The van der Waals surface area contributed by atoms with Gasteiger partial charge in [-0.3, -0.25) is 14.5 Å². The molecular formula is C13H9Cl2N7O2S. The van der Waals surface area contributed by atoms with Gasteiger partial charge in [0, 0.05) is 17.8 Å². The first kappa shape index (κ1) is 17.1. The average molecular weight is 398 g/mol. The first-order chi connectivity index (χ1) is 11.9. The Morgan fingerprint density at radius 3 is 2.84 bits per heavy atom. The van der Waals surface area contributed by atoms with E-state index in [0.29, 0.717) is 26.2 Å². The molecule has 0 bridgehead atoms.